The van der Waals surface area contributed by atoms with E-state index < -0.39 is 11.8 Å². The summed E-state index contributed by atoms with van der Waals surface area (Å²) in [5.74, 6) is 1.18. The summed E-state index contributed by atoms with van der Waals surface area (Å²) in [6, 6.07) is 1.83. The summed E-state index contributed by atoms with van der Waals surface area (Å²) < 4.78 is 8.27. The SMILES string of the molecule is C[C@]1(O)C=C(CI)O[C@H]1n1ccc2c(N)ncnc21. The number of nitrogens with two attached hydrogens (primary N) is 1. The zero-order chi connectivity index (χ0) is 13.6. The van der Waals surface area contributed by atoms with Crippen molar-refractivity contribution >= 4 is 39.4 Å². The van der Waals surface area contributed by atoms with E-state index in [0.717, 1.165) is 11.1 Å². The number of aromatic nitrogens is 3. The first-order valence-electron chi connectivity index (χ1n) is 5.76. The summed E-state index contributed by atoms with van der Waals surface area (Å²) >= 11 is 2.20. The Morgan fingerprint density at radius 1 is 1.58 bits per heavy atom. The molecule has 7 heteroatoms. The first-order valence-corrected chi connectivity index (χ1v) is 7.29. The summed E-state index contributed by atoms with van der Waals surface area (Å²) in [5, 5.41) is 11.2. The van der Waals surface area contributed by atoms with E-state index in [2.05, 4.69) is 32.6 Å². The number of hydrogen-bond donors (Lipinski definition) is 2. The van der Waals surface area contributed by atoms with Crippen molar-refractivity contribution in [1.82, 2.24) is 14.5 Å². The van der Waals surface area contributed by atoms with Gasteiger partial charge in [-0.2, -0.15) is 0 Å². The van der Waals surface area contributed by atoms with Crippen LogP contribution in [0.2, 0.25) is 0 Å². The van der Waals surface area contributed by atoms with Crippen LogP contribution in [0.5, 0.6) is 0 Å². The fraction of sp³-hybridized carbons (Fsp3) is 0.333. The van der Waals surface area contributed by atoms with E-state index in [1.165, 1.54) is 6.33 Å². The van der Waals surface area contributed by atoms with Crippen molar-refractivity contribution in [2.24, 2.45) is 0 Å². The minimum absolute atomic E-state index is 0.420. The fourth-order valence-electron chi connectivity index (χ4n) is 2.28. The lowest BCUT2D eigenvalue weighted by Crippen LogP contribution is -2.31. The lowest BCUT2D eigenvalue weighted by atomic mass is 10.1. The second kappa shape index (κ2) is 4.34. The monoisotopic (exact) mass is 372 g/mol. The number of alkyl halides is 1. The number of allylic oxidation sites excluding steroid dienone is 1. The Morgan fingerprint density at radius 3 is 3.05 bits per heavy atom. The molecule has 1 aliphatic heterocycles. The van der Waals surface area contributed by atoms with Crippen LogP contribution in [0.15, 0.2) is 30.4 Å². The highest BCUT2D eigenvalue weighted by molar-refractivity contribution is 14.1. The van der Waals surface area contributed by atoms with E-state index in [1.54, 1.807) is 23.8 Å². The first-order chi connectivity index (χ1) is 9.03. The maximum atomic E-state index is 10.5. The van der Waals surface area contributed by atoms with Crippen LogP contribution in [0.4, 0.5) is 5.82 Å². The first kappa shape index (κ1) is 12.7. The maximum absolute atomic E-state index is 10.5. The van der Waals surface area contributed by atoms with Gasteiger partial charge in [0.15, 0.2) is 0 Å². The summed E-state index contributed by atoms with van der Waals surface area (Å²) in [6.07, 6.45) is 4.41. The molecule has 1 aliphatic rings. The van der Waals surface area contributed by atoms with Crippen LogP contribution in [0.25, 0.3) is 11.0 Å². The highest BCUT2D eigenvalue weighted by Gasteiger charge is 2.40. The van der Waals surface area contributed by atoms with Crippen LogP contribution in [0.3, 0.4) is 0 Å². The zero-order valence-electron chi connectivity index (χ0n) is 10.2. The molecule has 2 aromatic rings. The molecule has 0 fully saturated rings. The number of aliphatic hydroxyl groups is 1. The molecule has 100 valence electrons. The van der Waals surface area contributed by atoms with Gasteiger partial charge in [-0.3, -0.25) is 4.57 Å². The molecule has 2 aromatic heterocycles. The number of hydrogen-bond acceptors (Lipinski definition) is 5. The molecule has 0 aliphatic carbocycles. The van der Waals surface area contributed by atoms with Gasteiger partial charge >= 0.3 is 0 Å². The third kappa shape index (κ3) is 1.96. The van der Waals surface area contributed by atoms with Crippen LogP contribution < -0.4 is 5.73 Å². The molecule has 6 nitrogen and oxygen atoms in total. The van der Waals surface area contributed by atoms with Crippen molar-refractivity contribution in [3.8, 4) is 0 Å². The zero-order valence-corrected chi connectivity index (χ0v) is 12.4. The minimum atomic E-state index is -1.08. The van der Waals surface area contributed by atoms with Crippen molar-refractivity contribution in [2.45, 2.75) is 18.8 Å². The average molecular weight is 372 g/mol. The van der Waals surface area contributed by atoms with Gasteiger partial charge in [-0.25, -0.2) is 9.97 Å². The third-order valence-electron chi connectivity index (χ3n) is 3.14. The Bertz CT molecular complexity index is 665. The maximum Gasteiger partial charge on any atom is 0.209 e. The quantitative estimate of drug-likeness (QED) is 0.618. The Kier molecular flexibility index (Phi) is 2.90. The molecule has 3 N–H and O–H groups in total. The molecular formula is C12H13IN4O2. The second-order valence-corrected chi connectivity index (χ2v) is 5.42. The summed E-state index contributed by atoms with van der Waals surface area (Å²) in [6.45, 7) is 1.72. The second-order valence-electron chi connectivity index (χ2n) is 4.66. The summed E-state index contributed by atoms with van der Waals surface area (Å²) in [4.78, 5) is 8.17. The van der Waals surface area contributed by atoms with Gasteiger partial charge in [0, 0.05) is 6.20 Å². The number of ether oxygens (including phenoxy) is 1. The van der Waals surface area contributed by atoms with Gasteiger partial charge in [0.2, 0.25) is 6.23 Å². The number of nitrogen functional groups attached to an aromatic ring is 1. The smallest absolute Gasteiger partial charge is 0.209 e. The lowest BCUT2D eigenvalue weighted by Gasteiger charge is -2.25. The molecule has 3 heterocycles. The van der Waals surface area contributed by atoms with Crippen molar-refractivity contribution in [2.75, 3.05) is 10.2 Å². The largest absolute Gasteiger partial charge is 0.470 e. The Balaban J connectivity index is 2.09. The fourth-order valence-corrected chi connectivity index (χ4v) is 2.68. The number of rotatable bonds is 2. The Morgan fingerprint density at radius 2 is 2.37 bits per heavy atom. The van der Waals surface area contributed by atoms with E-state index in [9.17, 15) is 5.11 Å². The molecule has 0 bridgehead atoms. The molecule has 19 heavy (non-hydrogen) atoms. The van der Waals surface area contributed by atoms with Crippen LogP contribution in [-0.4, -0.2) is 29.7 Å². The number of fused-ring (bicyclic) bond motifs is 1. The van der Waals surface area contributed by atoms with Gasteiger partial charge in [0.05, 0.1) is 9.81 Å². The van der Waals surface area contributed by atoms with Gasteiger partial charge < -0.3 is 15.6 Å². The Hall–Kier alpha value is -1.35. The van der Waals surface area contributed by atoms with E-state index >= 15 is 0 Å². The molecule has 0 unspecified atom stereocenters. The predicted octanol–water partition coefficient (Wildman–Crippen LogP) is 1.61. The lowest BCUT2D eigenvalue weighted by molar-refractivity contribution is -0.0555. The molecule has 0 spiro atoms. The number of nitrogens with zero attached hydrogens (tertiary/aromatic N) is 3. The topological polar surface area (TPSA) is 86.2 Å². The molecule has 0 aromatic carbocycles. The number of anilines is 1. The Labute approximate surface area is 123 Å². The molecule has 3 rings (SSSR count). The standard InChI is InChI=1S/C12H13IN4O2/c1-12(18)4-7(5-13)19-11(12)17-3-2-8-9(14)15-6-16-10(8)17/h2-4,6,11,18H,5H2,1H3,(H2,14,15,16)/t11-,12+/m1/s1. The van der Waals surface area contributed by atoms with Gasteiger partial charge in [-0.15, -0.1) is 0 Å². The van der Waals surface area contributed by atoms with E-state index in [-0.39, 0.29) is 0 Å². The average Bonchev–Trinajstić information content (AvgIpc) is 2.90. The summed E-state index contributed by atoms with van der Waals surface area (Å²) in [5.41, 5.74) is 5.38. The molecule has 0 saturated heterocycles. The summed E-state index contributed by atoms with van der Waals surface area (Å²) in [7, 11) is 0. The van der Waals surface area contributed by atoms with E-state index in [1.807, 2.05) is 6.07 Å². The van der Waals surface area contributed by atoms with Crippen molar-refractivity contribution in [1.29, 1.82) is 0 Å². The normalized spacial score (nSPS) is 26.5. The van der Waals surface area contributed by atoms with Crippen LogP contribution >= 0.6 is 22.6 Å². The van der Waals surface area contributed by atoms with Crippen LogP contribution in [-0.2, 0) is 4.74 Å². The van der Waals surface area contributed by atoms with E-state index in [4.69, 9.17) is 10.5 Å². The molecule has 0 saturated carbocycles. The molecule has 0 amide bonds. The third-order valence-corrected chi connectivity index (χ3v) is 3.89. The highest BCUT2D eigenvalue weighted by atomic mass is 127. The van der Waals surface area contributed by atoms with Crippen molar-refractivity contribution in [3.05, 3.63) is 30.4 Å². The van der Waals surface area contributed by atoms with E-state index in [0.29, 0.717) is 15.9 Å². The highest BCUT2D eigenvalue weighted by Crippen LogP contribution is 2.37. The van der Waals surface area contributed by atoms with Crippen LogP contribution in [0, 0.1) is 0 Å². The van der Waals surface area contributed by atoms with Gasteiger partial charge in [0.25, 0.3) is 0 Å². The minimum Gasteiger partial charge on any atom is -0.470 e. The molecule has 2 atom stereocenters. The van der Waals surface area contributed by atoms with Gasteiger partial charge in [-0.1, -0.05) is 22.6 Å². The van der Waals surface area contributed by atoms with Crippen LogP contribution in [0.1, 0.15) is 13.2 Å². The van der Waals surface area contributed by atoms with Crippen molar-refractivity contribution < 1.29 is 9.84 Å². The molecule has 0 radical (unpaired) electrons. The molecular weight excluding hydrogens is 359 g/mol. The van der Waals surface area contributed by atoms with Crippen molar-refractivity contribution in [3.63, 3.8) is 0 Å². The predicted molar refractivity (Wildman–Crippen MR) is 79.7 cm³/mol. The number of halogens is 1. The van der Waals surface area contributed by atoms with Gasteiger partial charge in [0.1, 0.15) is 29.2 Å². The van der Waals surface area contributed by atoms with Gasteiger partial charge in [-0.05, 0) is 19.1 Å².